The summed E-state index contributed by atoms with van der Waals surface area (Å²) in [6.07, 6.45) is 44.6. The van der Waals surface area contributed by atoms with Gasteiger partial charge in [0.05, 0.1) is 19.8 Å². The molecule has 350 valence electrons. The van der Waals surface area contributed by atoms with Crippen molar-refractivity contribution in [2.75, 3.05) is 26.4 Å². The molecular weight excluding hydrogens is 767 g/mol. The quantitative estimate of drug-likeness (QED) is 0.0234. The maximum Gasteiger partial charge on any atom is 0.472 e. The topological polar surface area (TPSA) is 149 Å². The van der Waals surface area contributed by atoms with Crippen molar-refractivity contribution in [3.63, 3.8) is 0 Å². The van der Waals surface area contributed by atoms with Crippen molar-refractivity contribution in [3.05, 3.63) is 12.2 Å². The van der Waals surface area contributed by atoms with Crippen molar-refractivity contribution in [1.29, 1.82) is 0 Å². The zero-order valence-corrected chi connectivity index (χ0v) is 39.1. The minimum atomic E-state index is -4.62. The lowest BCUT2D eigenvalue weighted by atomic mass is 10.0. The van der Waals surface area contributed by atoms with E-state index in [9.17, 15) is 24.2 Å². The number of ether oxygens (including phenoxy) is 2. The van der Waals surface area contributed by atoms with Gasteiger partial charge >= 0.3 is 19.8 Å². The van der Waals surface area contributed by atoms with Crippen molar-refractivity contribution in [2.45, 2.75) is 257 Å². The summed E-state index contributed by atoms with van der Waals surface area (Å²) in [5, 5.41) is 18.4. The molecule has 0 fully saturated rings. The standard InChI is InChI=1S/C48H93O10P/c1-3-5-7-9-11-13-15-17-19-21-22-24-26-28-30-32-34-36-38-40-48(52)58-46(44-57-59(53,54)56-42-45(50)41-49)43-55-47(51)39-37-35-33-31-29-27-25-23-20-18-16-14-12-10-8-6-4-2/h17,19,45-46,49-50H,3-16,18,20-44H2,1-2H3,(H,53,54)/b19-17+/t45-,46+/m0/s1. The Balaban J connectivity index is 4.18. The van der Waals surface area contributed by atoms with Crippen LogP contribution in [0, 0.1) is 0 Å². The van der Waals surface area contributed by atoms with E-state index in [1.807, 2.05) is 0 Å². The number of allylic oxidation sites excluding steroid dienone is 2. The first-order valence-electron chi connectivity index (χ1n) is 24.6. The van der Waals surface area contributed by atoms with E-state index in [2.05, 4.69) is 26.0 Å². The molecule has 0 heterocycles. The lowest BCUT2D eigenvalue weighted by Crippen LogP contribution is -2.29. The van der Waals surface area contributed by atoms with Crippen LogP contribution < -0.4 is 0 Å². The molecule has 3 N–H and O–H groups in total. The number of hydrogen-bond donors (Lipinski definition) is 3. The van der Waals surface area contributed by atoms with Gasteiger partial charge in [0.25, 0.3) is 0 Å². The van der Waals surface area contributed by atoms with Crippen molar-refractivity contribution >= 4 is 19.8 Å². The van der Waals surface area contributed by atoms with Crippen LogP contribution in [0.3, 0.4) is 0 Å². The Morgan fingerprint density at radius 2 is 0.831 bits per heavy atom. The number of esters is 2. The third kappa shape index (κ3) is 44.6. The van der Waals surface area contributed by atoms with Gasteiger partial charge in [0.2, 0.25) is 0 Å². The molecule has 0 bridgehead atoms. The van der Waals surface area contributed by atoms with Crippen molar-refractivity contribution in [2.24, 2.45) is 0 Å². The van der Waals surface area contributed by atoms with Crippen LogP contribution in [0.25, 0.3) is 0 Å². The van der Waals surface area contributed by atoms with E-state index in [1.54, 1.807) is 0 Å². The van der Waals surface area contributed by atoms with Crippen LogP contribution in [0.1, 0.15) is 245 Å². The van der Waals surface area contributed by atoms with Gasteiger partial charge in [-0.3, -0.25) is 18.6 Å². The molecule has 0 saturated heterocycles. The molecule has 10 nitrogen and oxygen atoms in total. The summed E-state index contributed by atoms with van der Waals surface area (Å²) in [7, 11) is -4.62. The fourth-order valence-corrected chi connectivity index (χ4v) is 7.90. The van der Waals surface area contributed by atoms with Crippen LogP contribution in [-0.4, -0.2) is 65.7 Å². The average molecular weight is 861 g/mol. The minimum absolute atomic E-state index is 0.187. The van der Waals surface area contributed by atoms with E-state index >= 15 is 0 Å². The highest BCUT2D eigenvalue weighted by Gasteiger charge is 2.27. The van der Waals surface area contributed by atoms with Crippen molar-refractivity contribution in [1.82, 2.24) is 0 Å². The monoisotopic (exact) mass is 861 g/mol. The van der Waals surface area contributed by atoms with E-state index in [1.165, 1.54) is 173 Å². The van der Waals surface area contributed by atoms with Crippen LogP contribution in [-0.2, 0) is 32.7 Å². The molecule has 0 aromatic carbocycles. The second-order valence-corrected chi connectivity index (χ2v) is 18.3. The second-order valence-electron chi connectivity index (χ2n) is 16.8. The number of hydrogen-bond acceptors (Lipinski definition) is 9. The molecule has 11 heteroatoms. The third-order valence-corrected chi connectivity index (χ3v) is 11.9. The van der Waals surface area contributed by atoms with Crippen LogP contribution in [0.15, 0.2) is 12.2 Å². The molecule has 0 aromatic heterocycles. The van der Waals surface area contributed by atoms with Crippen LogP contribution in [0.4, 0.5) is 0 Å². The molecule has 0 aromatic rings. The Hall–Kier alpha value is -1.29. The highest BCUT2D eigenvalue weighted by Crippen LogP contribution is 2.43. The molecule has 0 aliphatic heterocycles. The van der Waals surface area contributed by atoms with E-state index < -0.39 is 51.8 Å². The summed E-state index contributed by atoms with van der Waals surface area (Å²) < 4.78 is 32.8. The predicted molar refractivity (Wildman–Crippen MR) is 242 cm³/mol. The van der Waals surface area contributed by atoms with E-state index in [0.717, 1.165) is 32.1 Å². The van der Waals surface area contributed by atoms with Gasteiger partial charge in [-0.05, 0) is 38.5 Å². The first-order valence-corrected chi connectivity index (χ1v) is 26.1. The molecule has 0 aliphatic carbocycles. The SMILES string of the molecule is CCCCCCCC/C=C/CCCCCCCCCCCC(=O)O[C@H](COC(=O)CCCCCCCCCCCCCCCCCCC)COP(=O)(O)OC[C@@H](O)CO. The van der Waals surface area contributed by atoms with Crippen molar-refractivity contribution < 1.29 is 47.8 Å². The van der Waals surface area contributed by atoms with Gasteiger partial charge in [0, 0.05) is 12.8 Å². The van der Waals surface area contributed by atoms with E-state index in [-0.39, 0.29) is 19.4 Å². The number of aliphatic hydroxyl groups is 2. The number of phosphoric ester groups is 1. The molecule has 0 spiro atoms. The lowest BCUT2D eigenvalue weighted by molar-refractivity contribution is -0.161. The van der Waals surface area contributed by atoms with E-state index in [4.69, 9.17) is 23.6 Å². The Labute approximate surface area is 362 Å². The number of phosphoric acid groups is 1. The Morgan fingerprint density at radius 3 is 1.22 bits per heavy atom. The zero-order valence-electron chi connectivity index (χ0n) is 38.2. The summed E-state index contributed by atoms with van der Waals surface area (Å²) in [6.45, 7) is 2.43. The number of rotatable bonds is 47. The molecular formula is C48H93O10P. The van der Waals surface area contributed by atoms with Gasteiger partial charge in [-0.15, -0.1) is 0 Å². The van der Waals surface area contributed by atoms with Gasteiger partial charge in [0.15, 0.2) is 6.10 Å². The average Bonchev–Trinajstić information content (AvgIpc) is 3.22. The number of carbonyl (C=O) groups excluding carboxylic acids is 2. The number of aliphatic hydroxyl groups excluding tert-OH is 2. The van der Waals surface area contributed by atoms with Gasteiger partial charge in [-0.2, -0.15) is 0 Å². The fourth-order valence-electron chi connectivity index (χ4n) is 7.11. The van der Waals surface area contributed by atoms with Crippen LogP contribution in [0.2, 0.25) is 0 Å². The molecule has 0 rings (SSSR count). The Morgan fingerprint density at radius 1 is 0.492 bits per heavy atom. The summed E-state index contributed by atoms with van der Waals surface area (Å²) in [6, 6.07) is 0. The molecule has 0 amide bonds. The highest BCUT2D eigenvalue weighted by molar-refractivity contribution is 7.47. The summed E-state index contributed by atoms with van der Waals surface area (Å²) in [5.74, 6) is -0.912. The molecule has 0 saturated carbocycles. The van der Waals surface area contributed by atoms with Crippen LogP contribution in [0.5, 0.6) is 0 Å². The van der Waals surface area contributed by atoms with Crippen molar-refractivity contribution in [3.8, 4) is 0 Å². The summed E-state index contributed by atoms with van der Waals surface area (Å²) >= 11 is 0. The van der Waals surface area contributed by atoms with Gasteiger partial charge < -0.3 is 24.6 Å². The molecule has 59 heavy (non-hydrogen) atoms. The fraction of sp³-hybridized carbons (Fsp3) is 0.917. The maximum atomic E-state index is 12.7. The Bertz CT molecular complexity index is 993. The largest absolute Gasteiger partial charge is 0.472 e. The molecule has 3 atom stereocenters. The minimum Gasteiger partial charge on any atom is -0.462 e. The van der Waals surface area contributed by atoms with Crippen LogP contribution >= 0.6 is 7.82 Å². The zero-order chi connectivity index (χ0) is 43.3. The van der Waals surface area contributed by atoms with Gasteiger partial charge in [0.1, 0.15) is 12.7 Å². The number of carbonyl (C=O) groups is 2. The maximum absolute atomic E-state index is 12.7. The molecule has 0 radical (unpaired) electrons. The molecule has 1 unspecified atom stereocenters. The van der Waals surface area contributed by atoms with E-state index in [0.29, 0.717) is 12.8 Å². The highest BCUT2D eigenvalue weighted by atomic mass is 31.2. The summed E-state index contributed by atoms with van der Waals surface area (Å²) in [4.78, 5) is 35.1. The smallest absolute Gasteiger partial charge is 0.462 e. The Kier molecular flexibility index (Phi) is 43.8. The summed E-state index contributed by atoms with van der Waals surface area (Å²) in [5.41, 5.74) is 0. The normalized spacial score (nSPS) is 13.8. The lowest BCUT2D eigenvalue weighted by Gasteiger charge is -2.20. The van der Waals surface area contributed by atoms with Gasteiger partial charge in [-0.1, -0.05) is 206 Å². The number of unbranched alkanes of at least 4 members (excludes halogenated alkanes) is 31. The first kappa shape index (κ1) is 57.7. The first-order chi connectivity index (χ1) is 28.7. The molecule has 0 aliphatic rings. The second kappa shape index (κ2) is 44.8. The van der Waals surface area contributed by atoms with Gasteiger partial charge in [-0.25, -0.2) is 4.57 Å². The predicted octanol–water partition coefficient (Wildman–Crippen LogP) is 13.6. The third-order valence-electron chi connectivity index (χ3n) is 10.9.